The van der Waals surface area contributed by atoms with Gasteiger partial charge < -0.3 is 10.1 Å². The van der Waals surface area contributed by atoms with Crippen molar-refractivity contribution >= 4 is 11.7 Å². The summed E-state index contributed by atoms with van der Waals surface area (Å²) in [7, 11) is 0. The molecule has 2 aliphatic rings. The quantitative estimate of drug-likeness (QED) is 0.879. The number of amides is 1. The minimum atomic E-state index is 0.0926. The highest BCUT2D eigenvalue weighted by atomic mass is 16.5. The molecule has 1 atom stereocenters. The zero-order valence-electron chi connectivity index (χ0n) is 11.5. The van der Waals surface area contributed by atoms with E-state index < -0.39 is 0 Å². The number of hydrogen-bond acceptors (Lipinski definition) is 3. The van der Waals surface area contributed by atoms with Crippen LogP contribution in [0.3, 0.4) is 0 Å². The Kier molecular flexibility index (Phi) is 3.09. The maximum absolute atomic E-state index is 12.0. The third-order valence-corrected chi connectivity index (χ3v) is 4.34. The van der Waals surface area contributed by atoms with Crippen molar-refractivity contribution < 1.29 is 9.53 Å². The monoisotopic (exact) mass is 263 g/mol. The van der Waals surface area contributed by atoms with Crippen LogP contribution in [0.1, 0.15) is 44.7 Å². The first-order chi connectivity index (χ1) is 9.06. The predicted molar refractivity (Wildman–Crippen MR) is 71.9 cm³/mol. The standard InChI is InChI=1S/C14H21N3O2/c1-14(2)8-10(14)13(18)15-12-7-11(16-17-12)9-3-5-19-6-4-9/h7,9-10H,3-6,8H2,1-2H3,(H2,15,16,17,18)/t10-/m1/s1. The first kappa shape index (κ1) is 12.7. The second-order valence-corrected chi connectivity index (χ2v) is 6.33. The minimum absolute atomic E-state index is 0.0926. The number of aromatic nitrogens is 2. The second-order valence-electron chi connectivity index (χ2n) is 6.33. The van der Waals surface area contributed by atoms with Gasteiger partial charge in [-0.2, -0.15) is 5.10 Å². The van der Waals surface area contributed by atoms with Gasteiger partial charge in [0.2, 0.25) is 5.91 Å². The van der Waals surface area contributed by atoms with E-state index in [2.05, 4.69) is 29.4 Å². The van der Waals surface area contributed by atoms with Crippen LogP contribution in [0.2, 0.25) is 0 Å². The molecule has 3 rings (SSSR count). The SMILES string of the molecule is CC1(C)C[C@@H]1C(=O)Nc1cc(C2CCOCC2)[nH]n1. The van der Waals surface area contributed by atoms with E-state index in [0.717, 1.165) is 38.2 Å². The summed E-state index contributed by atoms with van der Waals surface area (Å²) in [6.45, 7) is 5.85. The van der Waals surface area contributed by atoms with Crippen LogP contribution in [-0.2, 0) is 9.53 Å². The lowest BCUT2D eigenvalue weighted by Crippen LogP contribution is -2.16. The molecule has 0 unspecified atom stereocenters. The number of ether oxygens (including phenoxy) is 1. The van der Waals surface area contributed by atoms with Gasteiger partial charge in [0.15, 0.2) is 5.82 Å². The number of aromatic amines is 1. The molecular weight excluding hydrogens is 242 g/mol. The summed E-state index contributed by atoms with van der Waals surface area (Å²) < 4.78 is 5.35. The van der Waals surface area contributed by atoms with Crippen molar-refractivity contribution in [2.24, 2.45) is 11.3 Å². The molecule has 1 aliphatic heterocycles. The topological polar surface area (TPSA) is 67.0 Å². The van der Waals surface area contributed by atoms with Crippen molar-refractivity contribution in [2.45, 2.75) is 39.0 Å². The summed E-state index contributed by atoms with van der Waals surface area (Å²) in [6.07, 6.45) is 3.01. The number of H-pyrrole nitrogens is 1. The first-order valence-corrected chi connectivity index (χ1v) is 7.00. The summed E-state index contributed by atoms with van der Waals surface area (Å²) in [6, 6.07) is 1.96. The molecule has 2 heterocycles. The van der Waals surface area contributed by atoms with E-state index >= 15 is 0 Å². The Labute approximate surface area is 113 Å². The van der Waals surface area contributed by atoms with Crippen LogP contribution in [0.4, 0.5) is 5.82 Å². The number of nitrogens with zero attached hydrogens (tertiary/aromatic N) is 1. The summed E-state index contributed by atoms with van der Waals surface area (Å²) in [4.78, 5) is 12.0. The molecule has 2 fully saturated rings. The average molecular weight is 263 g/mol. The fourth-order valence-electron chi connectivity index (χ4n) is 2.75. The third-order valence-electron chi connectivity index (χ3n) is 4.34. The molecule has 5 nitrogen and oxygen atoms in total. The Bertz CT molecular complexity index is 475. The number of carbonyl (C=O) groups excluding carboxylic acids is 1. The predicted octanol–water partition coefficient (Wildman–Crippen LogP) is 2.29. The van der Waals surface area contributed by atoms with Crippen molar-refractivity contribution in [3.63, 3.8) is 0 Å². The largest absolute Gasteiger partial charge is 0.381 e. The molecule has 1 saturated carbocycles. The Morgan fingerprint density at radius 3 is 2.79 bits per heavy atom. The zero-order valence-corrected chi connectivity index (χ0v) is 11.5. The Morgan fingerprint density at radius 1 is 1.47 bits per heavy atom. The molecule has 104 valence electrons. The summed E-state index contributed by atoms with van der Waals surface area (Å²) in [5.74, 6) is 1.35. The summed E-state index contributed by atoms with van der Waals surface area (Å²) in [5.41, 5.74) is 1.26. The molecule has 5 heteroatoms. The number of rotatable bonds is 3. The molecule has 1 aliphatic carbocycles. The van der Waals surface area contributed by atoms with Crippen LogP contribution in [-0.4, -0.2) is 29.3 Å². The van der Waals surface area contributed by atoms with E-state index in [9.17, 15) is 4.79 Å². The lowest BCUT2D eigenvalue weighted by molar-refractivity contribution is -0.118. The third kappa shape index (κ3) is 2.66. The first-order valence-electron chi connectivity index (χ1n) is 7.00. The highest BCUT2D eigenvalue weighted by Crippen LogP contribution is 2.51. The van der Waals surface area contributed by atoms with Gasteiger partial charge in [-0.25, -0.2) is 0 Å². The molecule has 1 amide bonds. The normalized spacial score (nSPS) is 26.1. The number of nitrogens with one attached hydrogen (secondary N) is 2. The summed E-state index contributed by atoms with van der Waals surface area (Å²) in [5, 5.41) is 10.1. The summed E-state index contributed by atoms with van der Waals surface area (Å²) >= 11 is 0. The maximum atomic E-state index is 12.0. The van der Waals surface area contributed by atoms with Crippen LogP contribution in [0.25, 0.3) is 0 Å². The van der Waals surface area contributed by atoms with Crippen molar-refractivity contribution in [3.05, 3.63) is 11.8 Å². The Balaban J connectivity index is 1.60. The molecule has 0 aromatic carbocycles. The van der Waals surface area contributed by atoms with Gasteiger partial charge in [-0.05, 0) is 24.7 Å². The van der Waals surface area contributed by atoms with Crippen molar-refractivity contribution in [1.82, 2.24) is 10.2 Å². The number of hydrogen-bond donors (Lipinski definition) is 2. The van der Waals surface area contributed by atoms with E-state index in [1.807, 2.05) is 6.07 Å². The van der Waals surface area contributed by atoms with Crippen LogP contribution in [0.5, 0.6) is 0 Å². The van der Waals surface area contributed by atoms with E-state index in [1.54, 1.807) is 0 Å². The molecule has 1 aromatic heterocycles. The Morgan fingerprint density at radius 2 is 2.16 bits per heavy atom. The van der Waals surface area contributed by atoms with Gasteiger partial charge in [0, 0.05) is 36.8 Å². The molecule has 0 radical (unpaired) electrons. The Hall–Kier alpha value is -1.36. The highest BCUT2D eigenvalue weighted by Gasteiger charge is 2.50. The van der Waals surface area contributed by atoms with E-state index in [4.69, 9.17) is 4.74 Å². The molecular formula is C14H21N3O2. The van der Waals surface area contributed by atoms with Crippen molar-refractivity contribution in [3.8, 4) is 0 Å². The van der Waals surface area contributed by atoms with Gasteiger partial charge in [-0.1, -0.05) is 13.8 Å². The smallest absolute Gasteiger partial charge is 0.229 e. The van der Waals surface area contributed by atoms with Gasteiger partial charge >= 0.3 is 0 Å². The molecule has 2 N–H and O–H groups in total. The van der Waals surface area contributed by atoms with Gasteiger partial charge in [-0.15, -0.1) is 0 Å². The van der Waals surface area contributed by atoms with Crippen LogP contribution < -0.4 is 5.32 Å². The molecule has 1 aromatic rings. The highest BCUT2D eigenvalue weighted by molar-refractivity contribution is 5.94. The van der Waals surface area contributed by atoms with E-state index in [0.29, 0.717) is 11.7 Å². The zero-order chi connectivity index (χ0) is 13.5. The van der Waals surface area contributed by atoms with Crippen LogP contribution in [0.15, 0.2) is 6.07 Å². The van der Waals surface area contributed by atoms with E-state index in [-0.39, 0.29) is 17.2 Å². The average Bonchev–Trinajstić information content (AvgIpc) is 2.84. The van der Waals surface area contributed by atoms with E-state index in [1.165, 1.54) is 0 Å². The molecule has 19 heavy (non-hydrogen) atoms. The van der Waals surface area contributed by atoms with Gasteiger partial charge in [0.1, 0.15) is 0 Å². The lowest BCUT2D eigenvalue weighted by atomic mass is 9.97. The second kappa shape index (κ2) is 4.63. The maximum Gasteiger partial charge on any atom is 0.229 e. The van der Waals surface area contributed by atoms with Crippen molar-refractivity contribution in [2.75, 3.05) is 18.5 Å². The van der Waals surface area contributed by atoms with Gasteiger partial charge in [0.05, 0.1) is 0 Å². The molecule has 1 saturated heterocycles. The van der Waals surface area contributed by atoms with Crippen molar-refractivity contribution in [1.29, 1.82) is 0 Å². The lowest BCUT2D eigenvalue weighted by Gasteiger charge is -2.20. The number of carbonyl (C=O) groups is 1. The van der Waals surface area contributed by atoms with Crippen LogP contribution >= 0.6 is 0 Å². The van der Waals surface area contributed by atoms with Crippen LogP contribution in [0, 0.1) is 11.3 Å². The fraction of sp³-hybridized carbons (Fsp3) is 0.714. The minimum Gasteiger partial charge on any atom is -0.381 e. The fourth-order valence-corrected chi connectivity index (χ4v) is 2.75. The molecule has 0 bridgehead atoms. The van der Waals surface area contributed by atoms with Gasteiger partial charge in [0.25, 0.3) is 0 Å². The number of anilines is 1. The molecule has 0 spiro atoms. The van der Waals surface area contributed by atoms with Gasteiger partial charge in [-0.3, -0.25) is 9.89 Å².